The van der Waals surface area contributed by atoms with Gasteiger partial charge in [-0.05, 0) is 131 Å². The Balaban J connectivity index is 1.21. The van der Waals surface area contributed by atoms with E-state index in [4.69, 9.17) is 0 Å². The second kappa shape index (κ2) is 18.6. The minimum atomic E-state index is -0.900. The summed E-state index contributed by atoms with van der Waals surface area (Å²) in [5.74, 6) is -0.886. The molecule has 0 fully saturated rings. The van der Waals surface area contributed by atoms with Crippen molar-refractivity contribution in [1.82, 2.24) is 4.57 Å². The van der Waals surface area contributed by atoms with Crippen LogP contribution >= 0.6 is 0 Å². The van der Waals surface area contributed by atoms with Gasteiger partial charge in [0.25, 0.3) is 0 Å². The van der Waals surface area contributed by atoms with Gasteiger partial charge >= 0.3 is 0 Å². The van der Waals surface area contributed by atoms with Gasteiger partial charge in [-0.3, -0.25) is 0 Å². The second-order valence-electron chi connectivity index (χ2n) is 18.9. The Morgan fingerprint density at radius 3 is 1.34 bits per heavy atom. The molecule has 358 valence electrons. The van der Waals surface area contributed by atoms with E-state index < -0.39 is 17.0 Å². The van der Waals surface area contributed by atoms with Crippen LogP contribution in [-0.4, -0.2) is 4.57 Å². The van der Waals surface area contributed by atoms with Crippen molar-refractivity contribution in [2.75, 3.05) is 9.80 Å². The third-order valence-corrected chi connectivity index (χ3v) is 14.8. The summed E-state index contributed by atoms with van der Waals surface area (Å²) in [5, 5.41) is 23.2. The van der Waals surface area contributed by atoms with E-state index in [0.29, 0.717) is 60.9 Å². The molecule has 1 aliphatic heterocycles. The standard InChI is InChI=1S/C69H43F2N5/c70-50-33-36-64-58(39-50)59-40-51(71)34-37-65(59)75(64)55-41-60(56-29-15-13-19-46(56)44-72)68(61(42-55)57-30-16-14-20-47(57)45-73)76-66-32-18-17-31-62(66)69(48-21-5-1-6-22-48,49-23-7-2-8-24-49)63-43-54(35-38-67(63)76)74(52-25-9-3-10-26-52)53-27-11-4-12-28-53/h1-43H. The number of hydrogen-bond acceptors (Lipinski definition) is 4. The van der Waals surface area contributed by atoms with Crippen LogP contribution < -0.4 is 9.80 Å². The second-order valence-corrected chi connectivity index (χ2v) is 18.9. The van der Waals surface area contributed by atoms with Crippen molar-refractivity contribution in [3.63, 3.8) is 0 Å². The number of fused-ring (bicyclic) bond motifs is 5. The Hall–Kier alpha value is -10.3. The summed E-state index contributed by atoms with van der Waals surface area (Å²) in [6.45, 7) is 0. The Bertz CT molecular complexity index is 4070. The zero-order valence-corrected chi connectivity index (χ0v) is 40.8. The van der Waals surface area contributed by atoms with Crippen LogP contribution in [0.2, 0.25) is 0 Å². The molecule has 2 heterocycles. The van der Waals surface area contributed by atoms with Gasteiger partial charge in [-0.15, -0.1) is 0 Å². The number of hydrogen-bond donors (Lipinski definition) is 0. The Labute approximate surface area is 438 Å². The van der Waals surface area contributed by atoms with Crippen molar-refractivity contribution in [3.05, 3.63) is 306 Å². The lowest BCUT2D eigenvalue weighted by Crippen LogP contribution is -2.38. The average molecular weight is 980 g/mol. The summed E-state index contributed by atoms with van der Waals surface area (Å²) in [6, 6.07) is 90.9. The van der Waals surface area contributed by atoms with Crippen LogP contribution in [-0.2, 0) is 5.41 Å². The van der Waals surface area contributed by atoms with Gasteiger partial charge in [0.2, 0.25) is 0 Å². The zero-order chi connectivity index (χ0) is 51.3. The molecule has 1 aliphatic rings. The molecule has 76 heavy (non-hydrogen) atoms. The molecule has 0 bridgehead atoms. The highest BCUT2D eigenvalue weighted by atomic mass is 19.1. The molecule has 1 aromatic heterocycles. The van der Waals surface area contributed by atoms with Crippen molar-refractivity contribution in [2.24, 2.45) is 0 Å². The van der Waals surface area contributed by atoms with E-state index >= 15 is 8.78 Å². The zero-order valence-electron chi connectivity index (χ0n) is 40.8. The van der Waals surface area contributed by atoms with E-state index in [1.54, 1.807) is 12.1 Å². The lowest BCUT2D eigenvalue weighted by atomic mass is 9.62. The highest BCUT2D eigenvalue weighted by molar-refractivity contribution is 6.10. The molecule has 5 nitrogen and oxygen atoms in total. The van der Waals surface area contributed by atoms with Gasteiger partial charge in [-0.1, -0.05) is 152 Å². The fraction of sp³-hybridized carbons (Fsp3) is 0.0145. The number of nitrogens with zero attached hydrogens (tertiary/aromatic N) is 5. The van der Waals surface area contributed by atoms with Gasteiger partial charge in [-0.2, -0.15) is 10.5 Å². The summed E-state index contributed by atoms with van der Waals surface area (Å²) in [5.41, 5.74) is 14.2. The van der Waals surface area contributed by atoms with Crippen LogP contribution in [0.5, 0.6) is 0 Å². The van der Waals surface area contributed by atoms with Crippen LogP contribution in [0.1, 0.15) is 33.4 Å². The normalized spacial score (nSPS) is 12.4. The summed E-state index contributed by atoms with van der Waals surface area (Å²) in [6.07, 6.45) is 0. The molecule has 0 saturated heterocycles. The molecule has 0 spiro atoms. The van der Waals surface area contributed by atoms with Crippen LogP contribution in [0.3, 0.4) is 0 Å². The third kappa shape index (κ3) is 7.25. The predicted molar refractivity (Wildman–Crippen MR) is 302 cm³/mol. The Morgan fingerprint density at radius 2 is 0.829 bits per heavy atom. The maximum atomic E-state index is 15.3. The fourth-order valence-corrected chi connectivity index (χ4v) is 11.7. The Kier molecular flexibility index (Phi) is 11.1. The minimum Gasteiger partial charge on any atom is -0.310 e. The van der Waals surface area contributed by atoms with E-state index in [1.165, 1.54) is 24.3 Å². The third-order valence-electron chi connectivity index (χ3n) is 14.8. The molecule has 0 atom stereocenters. The number of benzene rings is 11. The van der Waals surface area contributed by atoms with Gasteiger partial charge in [0.05, 0.1) is 56.8 Å². The molecule has 12 aromatic rings. The van der Waals surface area contributed by atoms with E-state index in [2.05, 4.69) is 186 Å². The SMILES string of the molecule is N#Cc1ccccc1-c1cc(-n2c3ccc(F)cc3c3cc(F)ccc32)cc(-c2ccccc2C#N)c1N1c2ccccc2C(c2ccccc2)(c2ccccc2)c2cc(N(c3ccccc3)c3ccccc3)ccc21. The Morgan fingerprint density at radius 1 is 0.382 bits per heavy atom. The molecule has 7 heteroatoms. The number of aromatic nitrogens is 1. The van der Waals surface area contributed by atoms with Gasteiger partial charge in [-0.25, -0.2) is 8.78 Å². The molecular formula is C69H43F2N5. The van der Waals surface area contributed by atoms with Crippen LogP contribution in [0, 0.1) is 34.3 Å². The first-order chi connectivity index (χ1) is 37.5. The first-order valence-electron chi connectivity index (χ1n) is 25.1. The highest BCUT2D eigenvalue weighted by Gasteiger charge is 2.47. The molecular weight excluding hydrogens is 937 g/mol. The van der Waals surface area contributed by atoms with Gasteiger partial charge in [0.15, 0.2) is 0 Å². The lowest BCUT2D eigenvalue weighted by Gasteiger charge is -2.47. The first kappa shape index (κ1) is 45.5. The quantitative estimate of drug-likeness (QED) is 0.145. The maximum absolute atomic E-state index is 15.3. The molecule has 0 unspecified atom stereocenters. The molecule has 0 amide bonds. The van der Waals surface area contributed by atoms with E-state index in [0.717, 1.165) is 56.4 Å². The molecule has 0 N–H and O–H groups in total. The lowest BCUT2D eigenvalue weighted by molar-refractivity contribution is 0.628. The van der Waals surface area contributed by atoms with Crippen LogP contribution in [0.15, 0.2) is 261 Å². The van der Waals surface area contributed by atoms with E-state index in [9.17, 15) is 10.5 Å². The van der Waals surface area contributed by atoms with Crippen molar-refractivity contribution in [1.29, 1.82) is 10.5 Å². The summed E-state index contributed by atoms with van der Waals surface area (Å²) in [7, 11) is 0. The van der Waals surface area contributed by atoms with Crippen molar-refractivity contribution < 1.29 is 8.78 Å². The number of rotatable bonds is 9. The summed E-state index contributed by atoms with van der Waals surface area (Å²) < 4.78 is 32.5. The summed E-state index contributed by atoms with van der Waals surface area (Å²) >= 11 is 0. The number of halogens is 2. The first-order valence-corrected chi connectivity index (χ1v) is 25.1. The fourth-order valence-electron chi connectivity index (χ4n) is 11.7. The van der Waals surface area contributed by atoms with E-state index in [1.807, 2.05) is 65.2 Å². The van der Waals surface area contributed by atoms with Crippen molar-refractivity contribution >= 4 is 55.9 Å². The monoisotopic (exact) mass is 979 g/mol. The van der Waals surface area contributed by atoms with Crippen LogP contribution in [0.25, 0.3) is 49.7 Å². The number of nitriles is 2. The highest BCUT2D eigenvalue weighted by Crippen LogP contribution is 2.61. The summed E-state index contributed by atoms with van der Waals surface area (Å²) in [4.78, 5) is 4.61. The molecule has 0 saturated carbocycles. The number of anilines is 6. The van der Waals surface area contributed by atoms with E-state index in [-0.39, 0.29) is 0 Å². The average Bonchev–Trinajstić information content (AvgIpc) is 3.93. The molecule has 0 radical (unpaired) electrons. The van der Waals surface area contributed by atoms with Gasteiger partial charge in [0, 0.05) is 55.8 Å². The molecule has 11 aromatic carbocycles. The number of para-hydroxylation sites is 3. The van der Waals surface area contributed by atoms with Gasteiger partial charge in [0.1, 0.15) is 11.6 Å². The maximum Gasteiger partial charge on any atom is 0.123 e. The van der Waals surface area contributed by atoms with Crippen molar-refractivity contribution in [2.45, 2.75) is 5.41 Å². The largest absolute Gasteiger partial charge is 0.310 e. The van der Waals surface area contributed by atoms with Crippen LogP contribution in [0.4, 0.5) is 42.9 Å². The molecule has 0 aliphatic carbocycles. The predicted octanol–water partition coefficient (Wildman–Crippen LogP) is 17.8. The van der Waals surface area contributed by atoms with Gasteiger partial charge < -0.3 is 14.4 Å². The van der Waals surface area contributed by atoms with Crippen molar-refractivity contribution in [3.8, 4) is 40.1 Å². The topological polar surface area (TPSA) is 59.0 Å². The smallest absolute Gasteiger partial charge is 0.123 e. The molecule has 13 rings (SSSR count). The minimum absolute atomic E-state index is 0.442.